The molecule has 5 heteroatoms. The maximum Gasteiger partial charge on any atom is 0.305 e. The molecule has 0 saturated heterocycles. The molecule has 3 unspecified atom stereocenters. The Labute approximate surface area is 145 Å². The van der Waals surface area contributed by atoms with Crippen molar-refractivity contribution in [3.8, 4) is 0 Å². The van der Waals surface area contributed by atoms with Crippen molar-refractivity contribution in [2.75, 3.05) is 7.11 Å². The molecule has 1 aliphatic carbocycles. The van der Waals surface area contributed by atoms with Crippen LogP contribution in [0, 0.1) is 11.8 Å². The minimum absolute atomic E-state index is 0.101. The number of esters is 1. The topological polar surface area (TPSA) is 80.7 Å². The van der Waals surface area contributed by atoms with Crippen molar-refractivity contribution < 1.29 is 24.2 Å². The molecular weight excluding hydrogens is 308 g/mol. The molecule has 0 aliphatic heterocycles. The first-order valence-electron chi connectivity index (χ1n) is 9.28. The van der Waals surface area contributed by atoms with Gasteiger partial charge in [0.15, 0.2) is 0 Å². The van der Waals surface area contributed by atoms with Crippen molar-refractivity contribution in [2.45, 2.75) is 83.7 Å². The van der Waals surface area contributed by atoms with Gasteiger partial charge in [-0.15, -0.1) is 0 Å². The quantitative estimate of drug-likeness (QED) is 0.436. The number of Topliss-reactive ketones (excluding diaryl/α,β-unsaturated/α-hetero) is 2. The fourth-order valence-corrected chi connectivity index (χ4v) is 3.54. The zero-order valence-corrected chi connectivity index (χ0v) is 15.1. The zero-order chi connectivity index (χ0) is 17.9. The molecule has 0 bridgehead atoms. The first kappa shape index (κ1) is 20.8. The lowest BCUT2D eigenvalue weighted by Crippen LogP contribution is -2.22. The van der Waals surface area contributed by atoms with Crippen molar-refractivity contribution >= 4 is 17.5 Å². The van der Waals surface area contributed by atoms with Gasteiger partial charge in [-0.05, 0) is 31.6 Å². The highest BCUT2D eigenvalue weighted by Crippen LogP contribution is 2.36. The second-order valence-corrected chi connectivity index (χ2v) is 6.86. The Balaban J connectivity index is 2.37. The summed E-state index contributed by atoms with van der Waals surface area (Å²) in [5.41, 5.74) is 0. The summed E-state index contributed by atoms with van der Waals surface area (Å²) in [7, 11) is 1.37. The van der Waals surface area contributed by atoms with E-state index >= 15 is 0 Å². The van der Waals surface area contributed by atoms with E-state index < -0.39 is 6.10 Å². The molecule has 0 amide bonds. The Kier molecular flexibility index (Phi) is 9.84. The van der Waals surface area contributed by atoms with Crippen molar-refractivity contribution in [1.29, 1.82) is 0 Å². The second-order valence-electron chi connectivity index (χ2n) is 6.86. The van der Waals surface area contributed by atoms with Crippen LogP contribution in [-0.4, -0.2) is 35.9 Å². The van der Waals surface area contributed by atoms with Crippen LogP contribution in [0.3, 0.4) is 0 Å². The van der Waals surface area contributed by atoms with Crippen LogP contribution in [0.15, 0.2) is 0 Å². The van der Waals surface area contributed by atoms with Crippen LogP contribution >= 0.6 is 0 Å². The Bertz CT molecular complexity index is 418. The summed E-state index contributed by atoms with van der Waals surface area (Å²) in [4.78, 5) is 35.1. The monoisotopic (exact) mass is 340 g/mol. The number of hydrogen-bond donors (Lipinski definition) is 1. The molecular formula is C19H32O5. The third kappa shape index (κ3) is 7.12. The van der Waals surface area contributed by atoms with E-state index in [-0.39, 0.29) is 35.8 Å². The van der Waals surface area contributed by atoms with Crippen molar-refractivity contribution in [1.82, 2.24) is 0 Å². The average molecular weight is 340 g/mol. The molecule has 138 valence electrons. The molecule has 1 N–H and O–H groups in total. The van der Waals surface area contributed by atoms with Crippen LogP contribution in [0.1, 0.15) is 77.6 Å². The average Bonchev–Trinajstić information content (AvgIpc) is 2.82. The minimum Gasteiger partial charge on any atom is -0.469 e. The highest BCUT2D eigenvalue weighted by Gasteiger charge is 2.40. The molecule has 0 aromatic carbocycles. The number of rotatable bonds is 12. The molecule has 3 atom stereocenters. The fraction of sp³-hybridized carbons (Fsp3) is 0.842. The SMILES string of the molecule is CCCCCC(=O)CCC1C(O)CC(=O)C1CCCCC(=O)OC. The van der Waals surface area contributed by atoms with Crippen LogP contribution < -0.4 is 0 Å². The molecule has 0 aromatic heterocycles. The van der Waals surface area contributed by atoms with E-state index in [9.17, 15) is 19.5 Å². The van der Waals surface area contributed by atoms with Gasteiger partial charge < -0.3 is 9.84 Å². The van der Waals surface area contributed by atoms with Crippen molar-refractivity contribution in [3.63, 3.8) is 0 Å². The largest absolute Gasteiger partial charge is 0.469 e. The Morgan fingerprint density at radius 1 is 1.08 bits per heavy atom. The molecule has 0 aromatic rings. The van der Waals surface area contributed by atoms with Gasteiger partial charge in [-0.2, -0.15) is 0 Å². The first-order valence-corrected chi connectivity index (χ1v) is 9.28. The molecule has 1 fully saturated rings. The van der Waals surface area contributed by atoms with Gasteiger partial charge in [0, 0.05) is 31.6 Å². The van der Waals surface area contributed by atoms with Gasteiger partial charge in [-0.25, -0.2) is 0 Å². The predicted molar refractivity (Wildman–Crippen MR) is 91.5 cm³/mol. The highest BCUT2D eigenvalue weighted by molar-refractivity contribution is 5.84. The van der Waals surface area contributed by atoms with Gasteiger partial charge in [-0.1, -0.05) is 26.2 Å². The molecule has 1 rings (SSSR count). The van der Waals surface area contributed by atoms with Crippen LogP contribution in [0.5, 0.6) is 0 Å². The lowest BCUT2D eigenvalue weighted by atomic mass is 9.85. The normalized spacial score (nSPS) is 23.5. The van der Waals surface area contributed by atoms with Gasteiger partial charge in [0.05, 0.1) is 13.2 Å². The van der Waals surface area contributed by atoms with Crippen LogP contribution in [-0.2, 0) is 19.1 Å². The van der Waals surface area contributed by atoms with Gasteiger partial charge in [0.2, 0.25) is 0 Å². The summed E-state index contributed by atoms with van der Waals surface area (Å²) in [5.74, 6) is -0.169. The maximum absolute atomic E-state index is 12.1. The van der Waals surface area contributed by atoms with Gasteiger partial charge in [0.25, 0.3) is 0 Å². The van der Waals surface area contributed by atoms with Crippen LogP contribution in [0.25, 0.3) is 0 Å². The third-order valence-electron chi connectivity index (χ3n) is 5.02. The van der Waals surface area contributed by atoms with Crippen molar-refractivity contribution in [3.05, 3.63) is 0 Å². The minimum atomic E-state index is -0.619. The van der Waals surface area contributed by atoms with Crippen LogP contribution in [0.4, 0.5) is 0 Å². The zero-order valence-electron chi connectivity index (χ0n) is 15.1. The van der Waals surface area contributed by atoms with Gasteiger partial charge in [-0.3, -0.25) is 14.4 Å². The number of carbonyl (C=O) groups is 3. The smallest absolute Gasteiger partial charge is 0.305 e. The number of aliphatic hydroxyl groups excluding tert-OH is 1. The number of hydrogen-bond acceptors (Lipinski definition) is 5. The summed E-state index contributed by atoms with van der Waals surface area (Å²) >= 11 is 0. The number of ether oxygens (including phenoxy) is 1. The second kappa shape index (κ2) is 11.3. The number of methoxy groups -OCH3 is 1. The fourth-order valence-electron chi connectivity index (χ4n) is 3.54. The third-order valence-corrected chi connectivity index (χ3v) is 5.02. The van der Waals surface area contributed by atoms with E-state index in [4.69, 9.17) is 0 Å². The standard InChI is InChI=1S/C19H32O5/c1-3-4-5-8-14(20)11-12-16-15(17(21)13-18(16)22)9-6-7-10-19(23)24-2/h15-16,18,22H,3-13H2,1-2H3. The summed E-state index contributed by atoms with van der Waals surface area (Å²) in [6, 6.07) is 0. The van der Waals surface area contributed by atoms with E-state index in [0.29, 0.717) is 38.5 Å². The number of unbranched alkanes of at least 4 members (excludes halogenated alkanes) is 3. The molecule has 1 saturated carbocycles. The Morgan fingerprint density at radius 3 is 2.46 bits per heavy atom. The lowest BCUT2D eigenvalue weighted by molar-refractivity contribution is -0.140. The maximum atomic E-state index is 12.1. The van der Waals surface area contributed by atoms with E-state index in [1.165, 1.54) is 7.11 Å². The summed E-state index contributed by atoms with van der Waals surface area (Å²) in [5, 5.41) is 10.1. The predicted octanol–water partition coefficient (Wildman–Crippen LogP) is 3.22. The molecule has 0 radical (unpaired) electrons. The van der Waals surface area contributed by atoms with E-state index in [0.717, 1.165) is 25.7 Å². The van der Waals surface area contributed by atoms with Crippen LogP contribution in [0.2, 0.25) is 0 Å². The Morgan fingerprint density at radius 2 is 1.79 bits per heavy atom. The molecule has 0 spiro atoms. The summed E-state index contributed by atoms with van der Waals surface area (Å²) < 4.78 is 4.60. The molecule has 24 heavy (non-hydrogen) atoms. The van der Waals surface area contributed by atoms with Gasteiger partial charge in [0.1, 0.15) is 11.6 Å². The van der Waals surface area contributed by atoms with Crippen molar-refractivity contribution in [2.24, 2.45) is 11.8 Å². The first-order chi connectivity index (χ1) is 11.5. The number of carbonyl (C=O) groups excluding carboxylic acids is 3. The lowest BCUT2D eigenvalue weighted by Gasteiger charge is -2.20. The van der Waals surface area contributed by atoms with E-state index in [2.05, 4.69) is 11.7 Å². The molecule has 1 aliphatic rings. The van der Waals surface area contributed by atoms with Gasteiger partial charge >= 0.3 is 5.97 Å². The molecule has 5 nitrogen and oxygen atoms in total. The summed E-state index contributed by atoms with van der Waals surface area (Å²) in [6.45, 7) is 2.11. The summed E-state index contributed by atoms with van der Waals surface area (Å²) in [6.07, 6.45) is 6.83. The number of aliphatic hydroxyl groups is 1. The Hall–Kier alpha value is -1.23. The molecule has 0 heterocycles. The highest BCUT2D eigenvalue weighted by atomic mass is 16.5. The number of ketones is 2. The van der Waals surface area contributed by atoms with E-state index in [1.807, 2.05) is 0 Å². The van der Waals surface area contributed by atoms with E-state index in [1.54, 1.807) is 0 Å².